The third-order valence-electron chi connectivity index (χ3n) is 10.3. The highest BCUT2D eigenvalue weighted by atomic mass is 32.2. The van der Waals surface area contributed by atoms with Crippen molar-refractivity contribution in [2.75, 3.05) is 25.4 Å². The molecule has 3 fully saturated rings. The van der Waals surface area contributed by atoms with Gasteiger partial charge < -0.3 is 26.2 Å². The second-order valence-corrected chi connectivity index (χ2v) is 17.5. The van der Waals surface area contributed by atoms with Gasteiger partial charge in [-0.1, -0.05) is 73.3 Å². The lowest BCUT2D eigenvalue weighted by Gasteiger charge is -2.49. The van der Waals surface area contributed by atoms with Gasteiger partial charge in [0, 0.05) is 13.1 Å². The van der Waals surface area contributed by atoms with E-state index in [1.165, 1.54) is 11.0 Å². The number of nitrogens with zero attached hydrogens (tertiary/aromatic N) is 1. The second kappa shape index (κ2) is 14.9. The Labute approximate surface area is 274 Å². The lowest BCUT2D eigenvalue weighted by Crippen LogP contribution is -2.67. The number of nitrogens with one attached hydrogen (secondary N) is 4. The normalized spacial score (nSPS) is 26.1. The summed E-state index contributed by atoms with van der Waals surface area (Å²) >= 11 is 0. The van der Waals surface area contributed by atoms with E-state index in [0.29, 0.717) is 32.1 Å². The van der Waals surface area contributed by atoms with E-state index in [1.807, 2.05) is 41.5 Å². The van der Waals surface area contributed by atoms with Crippen LogP contribution < -0.4 is 21.3 Å². The first-order valence-electron chi connectivity index (χ1n) is 16.6. The van der Waals surface area contributed by atoms with Gasteiger partial charge in [0.05, 0.1) is 23.1 Å². The summed E-state index contributed by atoms with van der Waals surface area (Å²) in [6.07, 6.45) is 7.37. The number of hydrogen-bond acceptors (Lipinski definition) is 7. The first kappa shape index (κ1) is 37.5. The summed E-state index contributed by atoms with van der Waals surface area (Å²) in [4.78, 5) is 67.4. The average molecular weight is 666 g/mol. The first-order valence-corrected chi connectivity index (χ1v) is 18.4. The molecule has 5 amide bonds. The zero-order valence-corrected chi connectivity index (χ0v) is 29.3. The number of carbonyl (C=O) groups excluding carboxylic acids is 5. The Balaban J connectivity index is 1.84. The minimum atomic E-state index is -3.39. The zero-order chi connectivity index (χ0) is 34.5. The highest BCUT2D eigenvalue weighted by Crippen LogP contribution is 2.41. The van der Waals surface area contributed by atoms with E-state index in [1.54, 1.807) is 0 Å². The summed E-state index contributed by atoms with van der Waals surface area (Å²) in [5.41, 5.74) is -1.98. The van der Waals surface area contributed by atoms with Crippen LogP contribution in [0.1, 0.15) is 99.3 Å². The summed E-state index contributed by atoms with van der Waals surface area (Å²) in [6, 6.07) is -2.57. The van der Waals surface area contributed by atoms with E-state index in [9.17, 15) is 32.4 Å². The van der Waals surface area contributed by atoms with E-state index in [2.05, 4.69) is 27.8 Å². The fourth-order valence-corrected chi connectivity index (χ4v) is 9.48. The number of carbonyl (C=O) groups is 5. The molecule has 4 N–H and O–H groups in total. The van der Waals surface area contributed by atoms with Gasteiger partial charge in [-0.05, 0) is 48.9 Å². The first-order chi connectivity index (χ1) is 21.3. The summed E-state index contributed by atoms with van der Waals surface area (Å²) in [5, 5.41) is 10.2. The van der Waals surface area contributed by atoms with Crippen molar-refractivity contribution in [1.82, 2.24) is 26.2 Å². The molecule has 1 aliphatic carbocycles. The number of amides is 5. The number of rotatable bonds is 10. The summed E-state index contributed by atoms with van der Waals surface area (Å²) in [6.45, 7) is 14.8. The molecule has 2 heterocycles. The molecule has 0 aromatic rings. The predicted octanol–water partition coefficient (Wildman–Crippen LogP) is 2.62. The minimum absolute atomic E-state index is 0.0169. The molecule has 260 valence electrons. The molecular formula is C33H55N5O7S. The largest absolute Gasteiger partial charge is 0.347 e. The number of piperidine rings is 1. The van der Waals surface area contributed by atoms with Crippen LogP contribution in [0.15, 0.2) is 12.7 Å². The van der Waals surface area contributed by atoms with Crippen LogP contribution >= 0.6 is 0 Å². The van der Waals surface area contributed by atoms with E-state index in [4.69, 9.17) is 0 Å². The Kier molecular flexibility index (Phi) is 12.1. The molecule has 0 aromatic heterocycles. The van der Waals surface area contributed by atoms with E-state index < -0.39 is 74.2 Å². The maximum absolute atomic E-state index is 14.4. The summed E-state index contributed by atoms with van der Waals surface area (Å²) in [5.74, 6) is -2.53. The van der Waals surface area contributed by atoms with Crippen molar-refractivity contribution < 1.29 is 32.4 Å². The van der Waals surface area contributed by atoms with Gasteiger partial charge in [-0.25, -0.2) is 13.2 Å². The Morgan fingerprint density at radius 1 is 1.00 bits per heavy atom. The molecule has 0 aromatic carbocycles. The van der Waals surface area contributed by atoms with Crippen molar-refractivity contribution in [3.05, 3.63) is 12.7 Å². The molecule has 12 nitrogen and oxygen atoms in total. The third kappa shape index (κ3) is 8.89. The van der Waals surface area contributed by atoms with Gasteiger partial charge in [0.15, 0.2) is 9.84 Å². The van der Waals surface area contributed by atoms with Crippen LogP contribution in [0.3, 0.4) is 0 Å². The van der Waals surface area contributed by atoms with Crippen LogP contribution in [0.2, 0.25) is 0 Å². The maximum Gasteiger partial charge on any atom is 0.315 e. The molecule has 0 spiro atoms. The molecule has 0 bridgehead atoms. The van der Waals surface area contributed by atoms with Crippen molar-refractivity contribution >= 4 is 39.4 Å². The number of urea groups is 1. The van der Waals surface area contributed by atoms with Crippen molar-refractivity contribution in [2.24, 2.45) is 16.7 Å². The van der Waals surface area contributed by atoms with Crippen LogP contribution in [0, 0.1) is 16.7 Å². The Bertz CT molecular complexity index is 1280. The number of sulfone groups is 1. The third-order valence-corrected chi connectivity index (χ3v) is 12.7. The minimum Gasteiger partial charge on any atom is -0.347 e. The molecule has 1 unspecified atom stereocenters. The summed E-state index contributed by atoms with van der Waals surface area (Å²) in [7, 11) is -3.39. The standard InChI is InChI=1S/C33H55N5O7S/c1-8-17-34-28(41)24(39)20-35-27(40)23-19-32(6,7)22(2)21-38(23)29(42)26(31(3,4)5)36-30(43)37-33(15-11-9-12-16-33)25-14-10-13-18-46(25,44)45/h8,22-23,25-26H,1,9-21H2,2-7H3,(H,34,41)(H,35,40)(H2,36,37,43)/t22?,23-,25+,26+/m0/s1. The van der Waals surface area contributed by atoms with Crippen LogP contribution in [0.25, 0.3) is 0 Å². The molecule has 3 aliphatic rings. The highest BCUT2D eigenvalue weighted by Gasteiger charge is 2.50. The number of Topliss-reactive ketones (excluding diaryl/α,β-unsaturated/α-hetero) is 1. The van der Waals surface area contributed by atoms with Crippen LogP contribution in [0.5, 0.6) is 0 Å². The van der Waals surface area contributed by atoms with Gasteiger partial charge in [0.25, 0.3) is 5.91 Å². The maximum atomic E-state index is 14.4. The van der Waals surface area contributed by atoms with Gasteiger partial charge in [0.2, 0.25) is 17.6 Å². The molecule has 3 rings (SSSR count). The topological polar surface area (TPSA) is 171 Å². The second-order valence-electron chi connectivity index (χ2n) is 15.2. The number of ketones is 1. The van der Waals surface area contributed by atoms with Crippen LogP contribution in [-0.2, 0) is 29.0 Å². The van der Waals surface area contributed by atoms with E-state index >= 15 is 0 Å². The summed E-state index contributed by atoms with van der Waals surface area (Å²) < 4.78 is 26.4. The molecular weight excluding hydrogens is 610 g/mol. The van der Waals surface area contributed by atoms with Crippen molar-refractivity contribution in [1.29, 1.82) is 0 Å². The quantitative estimate of drug-likeness (QED) is 0.205. The zero-order valence-electron chi connectivity index (χ0n) is 28.5. The average Bonchev–Trinajstić information content (AvgIpc) is 2.97. The highest BCUT2D eigenvalue weighted by molar-refractivity contribution is 7.92. The molecule has 2 saturated heterocycles. The van der Waals surface area contributed by atoms with Gasteiger partial charge in [0.1, 0.15) is 12.1 Å². The number of likely N-dealkylation sites (tertiary alicyclic amines) is 1. The molecule has 0 radical (unpaired) electrons. The van der Waals surface area contributed by atoms with Gasteiger partial charge >= 0.3 is 6.03 Å². The van der Waals surface area contributed by atoms with E-state index in [-0.39, 0.29) is 30.2 Å². The van der Waals surface area contributed by atoms with Gasteiger partial charge in [-0.15, -0.1) is 6.58 Å². The molecule has 4 atom stereocenters. The molecule has 13 heteroatoms. The van der Waals surface area contributed by atoms with Gasteiger partial charge in [-0.3, -0.25) is 19.2 Å². The molecule has 1 saturated carbocycles. The van der Waals surface area contributed by atoms with Crippen molar-refractivity contribution in [3.63, 3.8) is 0 Å². The van der Waals surface area contributed by atoms with Crippen molar-refractivity contribution in [3.8, 4) is 0 Å². The Hall–Kier alpha value is -2.96. The lowest BCUT2D eigenvalue weighted by atomic mass is 9.71. The van der Waals surface area contributed by atoms with E-state index in [0.717, 1.165) is 25.7 Å². The predicted molar refractivity (Wildman–Crippen MR) is 176 cm³/mol. The SMILES string of the molecule is C=CCNC(=O)C(=O)CNC(=O)[C@@H]1CC(C)(C)C(C)CN1C(=O)[C@@H](NC(=O)NC1([C@H]2CCCCS2(=O)=O)CCCCC1)C(C)(C)C. The van der Waals surface area contributed by atoms with Gasteiger partial charge in [-0.2, -0.15) is 0 Å². The number of hydrogen-bond donors (Lipinski definition) is 4. The Morgan fingerprint density at radius 2 is 1.65 bits per heavy atom. The Morgan fingerprint density at radius 3 is 2.24 bits per heavy atom. The fraction of sp³-hybridized carbons (Fsp3) is 0.788. The monoisotopic (exact) mass is 665 g/mol. The van der Waals surface area contributed by atoms with Crippen LogP contribution in [0.4, 0.5) is 4.79 Å². The molecule has 2 aliphatic heterocycles. The fourth-order valence-electron chi connectivity index (χ4n) is 7.08. The molecule has 46 heavy (non-hydrogen) atoms. The van der Waals surface area contributed by atoms with Crippen molar-refractivity contribution in [2.45, 2.75) is 122 Å². The smallest absolute Gasteiger partial charge is 0.315 e. The van der Waals surface area contributed by atoms with Crippen LogP contribution in [-0.4, -0.2) is 91.1 Å². The lowest BCUT2D eigenvalue weighted by molar-refractivity contribution is -0.150.